The predicted molar refractivity (Wildman–Crippen MR) is 75.2 cm³/mol. The van der Waals surface area contributed by atoms with Gasteiger partial charge in [0, 0.05) is 31.9 Å². The van der Waals surface area contributed by atoms with Gasteiger partial charge in [0.05, 0.1) is 10.0 Å². The summed E-state index contributed by atoms with van der Waals surface area (Å²) in [6, 6.07) is 5.78. The molecule has 1 aromatic carbocycles. The summed E-state index contributed by atoms with van der Waals surface area (Å²) in [5.41, 5.74) is 0.995. The highest BCUT2D eigenvalue weighted by molar-refractivity contribution is 6.42. The Balaban J connectivity index is 2.29. The Bertz CT molecular complexity index is 537. The minimum absolute atomic E-state index is 0.0947. The first-order valence-corrected chi connectivity index (χ1v) is 6.46. The van der Waals surface area contributed by atoms with Crippen molar-refractivity contribution in [2.75, 3.05) is 7.05 Å². The SMILES string of the molecule is CNC(Cc1nccn1C)c1cccc(Cl)c1Cl. The zero-order chi connectivity index (χ0) is 13.1. The molecular formula is C13H15Cl2N3. The molecule has 0 saturated heterocycles. The largest absolute Gasteiger partial charge is 0.338 e. The smallest absolute Gasteiger partial charge is 0.110 e. The van der Waals surface area contributed by atoms with Crippen molar-refractivity contribution in [3.8, 4) is 0 Å². The van der Waals surface area contributed by atoms with Gasteiger partial charge in [-0.25, -0.2) is 4.98 Å². The number of hydrogen-bond donors (Lipinski definition) is 1. The molecule has 0 aliphatic carbocycles. The fourth-order valence-corrected chi connectivity index (χ4v) is 2.37. The topological polar surface area (TPSA) is 29.9 Å². The molecule has 3 nitrogen and oxygen atoms in total. The summed E-state index contributed by atoms with van der Waals surface area (Å²) in [7, 11) is 3.89. The van der Waals surface area contributed by atoms with E-state index in [1.165, 1.54) is 0 Å². The highest BCUT2D eigenvalue weighted by atomic mass is 35.5. The Morgan fingerprint density at radius 3 is 2.78 bits per heavy atom. The van der Waals surface area contributed by atoms with Gasteiger partial charge in [-0.15, -0.1) is 0 Å². The number of rotatable bonds is 4. The van der Waals surface area contributed by atoms with Gasteiger partial charge in [0.15, 0.2) is 0 Å². The third-order valence-electron chi connectivity index (χ3n) is 3.01. The lowest BCUT2D eigenvalue weighted by atomic mass is 10.0. The van der Waals surface area contributed by atoms with Crippen LogP contribution in [-0.2, 0) is 13.5 Å². The molecule has 1 unspecified atom stereocenters. The monoisotopic (exact) mass is 283 g/mol. The molecule has 1 heterocycles. The molecule has 2 rings (SSSR count). The van der Waals surface area contributed by atoms with Crippen molar-refractivity contribution in [3.05, 3.63) is 52.0 Å². The summed E-state index contributed by atoms with van der Waals surface area (Å²) in [5.74, 6) is 1.00. The van der Waals surface area contributed by atoms with Crippen LogP contribution in [0.4, 0.5) is 0 Å². The Morgan fingerprint density at radius 2 is 2.17 bits per heavy atom. The van der Waals surface area contributed by atoms with Gasteiger partial charge < -0.3 is 9.88 Å². The molecule has 18 heavy (non-hydrogen) atoms. The van der Waals surface area contributed by atoms with E-state index in [1.807, 2.05) is 37.0 Å². The van der Waals surface area contributed by atoms with Gasteiger partial charge in [0.25, 0.3) is 0 Å². The van der Waals surface area contributed by atoms with Crippen LogP contribution >= 0.6 is 23.2 Å². The summed E-state index contributed by atoms with van der Waals surface area (Å²) < 4.78 is 2.00. The van der Waals surface area contributed by atoms with Crippen molar-refractivity contribution in [3.63, 3.8) is 0 Å². The van der Waals surface area contributed by atoms with Gasteiger partial charge in [0.1, 0.15) is 5.82 Å². The predicted octanol–water partition coefficient (Wildman–Crippen LogP) is 3.23. The van der Waals surface area contributed by atoms with E-state index in [2.05, 4.69) is 10.3 Å². The van der Waals surface area contributed by atoms with E-state index in [9.17, 15) is 0 Å². The summed E-state index contributed by atoms with van der Waals surface area (Å²) in [4.78, 5) is 4.33. The number of aromatic nitrogens is 2. The van der Waals surface area contributed by atoms with Crippen molar-refractivity contribution in [2.24, 2.45) is 7.05 Å². The number of nitrogens with zero attached hydrogens (tertiary/aromatic N) is 2. The molecule has 0 saturated carbocycles. The first-order chi connectivity index (χ1) is 8.63. The number of likely N-dealkylation sites (N-methyl/N-ethyl adjacent to an activating group) is 1. The Hall–Kier alpha value is -1.03. The van der Waals surface area contributed by atoms with Crippen LogP contribution in [-0.4, -0.2) is 16.6 Å². The van der Waals surface area contributed by atoms with Gasteiger partial charge in [-0.2, -0.15) is 0 Å². The first-order valence-electron chi connectivity index (χ1n) is 5.71. The lowest BCUT2D eigenvalue weighted by molar-refractivity contribution is 0.564. The Morgan fingerprint density at radius 1 is 1.39 bits per heavy atom. The highest BCUT2D eigenvalue weighted by Crippen LogP contribution is 2.31. The number of benzene rings is 1. The Kier molecular flexibility index (Phi) is 4.27. The molecule has 0 amide bonds. The van der Waals surface area contributed by atoms with E-state index >= 15 is 0 Å². The van der Waals surface area contributed by atoms with Crippen LogP contribution < -0.4 is 5.32 Å². The van der Waals surface area contributed by atoms with E-state index in [-0.39, 0.29) is 6.04 Å². The number of aryl methyl sites for hydroxylation is 1. The van der Waals surface area contributed by atoms with Crippen LogP contribution in [0.25, 0.3) is 0 Å². The maximum Gasteiger partial charge on any atom is 0.110 e. The van der Waals surface area contributed by atoms with Gasteiger partial charge >= 0.3 is 0 Å². The molecule has 0 fully saturated rings. The van der Waals surface area contributed by atoms with Crippen LogP contribution in [0, 0.1) is 0 Å². The summed E-state index contributed by atoms with van der Waals surface area (Å²) in [6.45, 7) is 0. The van der Waals surface area contributed by atoms with E-state index in [0.717, 1.165) is 17.8 Å². The second-order valence-corrected chi connectivity index (χ2v) is 4.93. The minimum Gasteiger partial charge on any atom is -0.338 e. The van der Waals surface area contributed by atoms with Gasteiger partial charge in [-0.1, -0.05) is 35.3 Å². The molecule has 2 aromatic rings. The van der Waals surface area contributed by atoms with Crippen molar-refractivity contribution in [2.45, 2.75) is 12.5 Å². The fourth-order valence-electron chi connectivity index (χ4n) is 1.93. The standard InChI is InChI=1S/C13H15Cl2N3/c1-16-11(8-12-17-6-7-18(12)2)9-4-3-5-10(14)13(9)15/h3-7,11,16H,8H2,1-2H3. The fraction of sp³-hybridized carbons (Fsp3) is 0.308. The molecule has 1 N–H and O–H groups in total. The van der Waals surface area contributed by atoms with Crippen LogP contribution in [0.1, 0.15) is 17.4 Å². The lowest BCUT2D eigenvalue weighted by Crippen LogP contribution is -2.20. The van der Waals surface area contributed by atoms with Crippen LogP contribution in [0.3, 0.4) is 0 Å². The first kappa shape index (κ1) is 13.4. The molecule has 0 spiro atoms. The molecule has 0 bridgehead atoms. The van der Waals surface area contributed by atoms with Crippen LogP contribution in [0.15, 0.2) is 30.6 Å². The number of imidazole rings is 1. The molecule has 96 valence electrons. The second-order valence-electron chi connectivity index (χ2n) is 4.14. The highest BCUT2D eigenvalue weighted by Gasteiger charge is 2.16. The molecule has 0 aliphatic rings. The van der Waals surface area contributed by atoms with Gasteiger partial charge in [-0.3, -0.25) is 0 Å². The molecule has 0 aliphatic heterocycles. The lowest BCUT2D eigenvalue weighted by Gasteiger charge is -2.18. The van der Waals surface area contributed by atoms with Crippen LogP contribution in [0.5, 0.6) is 0 Å². The minimum atomic E-state index is 0.0947. The summed E-state index contributed by atoms with van der Waals surface area (Å²) in [5, 5.41) is 4.44. The van der Waals surface area contributed by atoms with Crippen LogP contribution in [0.2, 0.25) is 10.0 Å². The average Bonchev–Trinajstić information content (AvgIpc) is 2.76. The molecule has 1 aromatic heterocycles. The molecule has 5 heteroatoms. The zero-order valence-electron chi connectivity index (χ0n) is 10.3. The zero-order valence-corrected chi connectivity index (χ0v) is 11.8. The van der Waals surface area contributed by atoms with Gasteiger partial charge in [0.2, 0.25) is 0 Å². The number of hydrogen-bond acceptors (Lipinski definition) is 2. The summed E-state index contributed by atoms with van der Waals surface area (Å²) >= 11 is 12.3. The maximum absolute atomic E-state index is 6.25. The normalized spacial score (nSPS) is 12.7. The van der Waals surface area contributed by atoms with Crippen molar-refractivity contribution >= 4 is 23.2 Å². The van der Waals surface area contributed by atoms with E-state index in [1.54, 1.807) is 12.3 Å². The number of halogens is 2. The molecule has 1 atom stereocenters. The van der Waals surface area contributed by atoms with Crippen molar-refractivity contribution in [1.82, 2.24) is 14.9 Å². The van der Waals surface area contributed by atoms with Crippen molar-refractivity contribution < 1.29 is 0 Å². The van der Waals surface area contributed by atoms with E-state index < -0.39 is 0 Å². The number of nitrogens with one attached hydrogen (secondary N) is 1. The quantitative estimate of drug-likeness (QED) is 0.934. The second kappa shape index (κ2) is 5.74. The van der Waals surface area contributed by atoms with Gasteiger partial charge in [-0.05, 0) is 18.7 Å². The maximum atomic E-state index is 6.25. The molecule has 0 radical (unpaired) electrons. The van der Waals surface area contributed by atoms with E-state index in [4.69, 9.17) is 23.2 Å². The average molecular weight is 284 g/mol. The molecular weight excluding hydrogens is 269 g/mol. The van der Waals surface area contributed by atoms with Crippen molar-refractivity contribution in [1.29, 1.82) is 0 Å². The third-order valence-corrected chi connectivity index (χ3v) is 3.85. The van der Waals surface area contributed by atoms with E-state index in [0.29, 0.717) is 10.0 Å². The Labute approximate surface area is 117 Å². The summed E-state index contributed by atoms with van der Waals surface area (Å²) in [6.07, 6.45) is 4.49. The third kappa shape index (κ3) is 2.69.